The number of benzene rings is 1. The topological polar surface area (TPSA) is 64.8 Å². The number of methoxy groups -OCH3 is 2. The summed E-state index contributed by atoms with van der Waals surface area (Å²) in [5.41, 5.74) is 7.48. The molecule has 1 rings (SSSR count). The van der Waals surface area contributed by atoms with Crippen LogP contribution in [-0.2, 0) is 11.2 Å². The van der Waals surface area contributed by atoms with Crippen molar-refractivity contribution in [3.8, 4) is 11.5 Å². The number of nitrogen functional groups attached to an aromatic ring is 1. The lowest BCUT2D eigenvalue weighted by molar-refractivity contribution is -0.131. The van der Waals surface area contributed by atoms with Gasteiger partial charge in [0.2, 0.25) is 5.91 Å². The molecule has 0 fully saturated rings. The van der Waals surface area contributed by atoms with Crippen molar-refractivity contribution in [2.45, 2.75) is 39.5 Å². The Morgan fingerprint density at radius 1 is 1.23 bits per heavy atom. The van der Waals surface area contributed by atoms with Crippen LogP contribution in [0.5, 0.6) is 11.5 Å². The number of carbonyl (C=O) groups excluding carboxylic acids is 1. The summed E-state index contributed by atoms with van der Waals surface area (Å²) < 4.78 is 10.5. The molecule has 0 aliphatic carbocycles. The fraction of sp³-hybridized carbons (Fsp3) is 0.588. The number of aryl methyl sites for hydroxylation is 1. The summed E-state index contributed by atoms with van der Waals surface area (Å²) in [7, 11) is 3.14. The summed E-state index contributed by atoms with van der Waals surface area (Å²) in [6.07, 6.45) is 3.26. The van der Waals surface area contributed by atoms with Crippen LogP contribution in [0.1, 0.15) is 38.7 Å². The van der Waals surface area contributed by atoms with Crippen molar-refractivity contribution in [2.75, 3.05) is 33.0 Å². The lowest BCUT2D eigenvalue weighted by atomic mass is 10.1. The molecular weight excluding hydrogens is 280 g/mol. The van der Waals surface area contributed by atoms with E-state index in [4.69, 9.17) is 15.2 Å². The Morgan fingerprint density at radius 2 is 1.95 bits per heavy atom. The van der Waals surface area contributed by atoms with Gasteiger partial charge in [-0.25, -0.2) is 0 Å². The largest absolute Gasteiger partial charge is 0.493 e. The Labute approximate surface area is 133 Å². The number of carbonyl (C=O) groups is 1. The average Bonchev–Trinajstić information content (AvgIpc) is 2.52. The first-order chi connectivity index (χ1) is 10.6. The minimum atomic E-state index is 0.185. The first-order valence-corrected chi connectivity index (χ1v) is 7.85. The number of amides is 1. The second kappa shape index (κ2) is 9.18. The zero-order chi connectivity index (χ0) is 16.5. The molecule has 1 aromatic rings. The van der Waals surface area contributed by atoms with E-state index >= 15 is 0 Å². The average molecular weight is 308 g/mol. The maximum absolute atomic E-state index is 12.3. The number of rotatable bonds is 9. The molecule has 0 saturated heterocycles. The van der Waals surface area contributed by atoms with E-state index in [1.165, 1.54) is 0 Å². The van der Waals surface area contributed by atoms with Gasteiger partial charge in [-0.2, -0.15) is 0 Å². The highest BCUT2D eigenvalue weighted by molar-refractivity contribution is 5.76. The highest BCUT2D eigenvalue weighted by Crippen LogP contribution is 2.34. The highest BCUT2D eigenvalue weighted by Gasteiger charge is 2.14. The van der Waals surface area contributed by atoms with E-state index in [0.29, 0.717) is 30.0 Å². The van der Waals surface area contributed by atoms with Gasteiger partial charge in [0, 0.05) is 19.5 Å². The van der Waals surface area contributed by atoms with E-state index in [9.17, 15) is 4.79 Å². The van der Waals surface area contributed by atoms with E-state index in [0.717, 1.165) is 31.5 Å². The zero-order valence-electron chi connectivity index (χ0n) is 14.1. The van der Waals surface area contributed by atoms with Crippen LogP contribution in [0.15, 0.2) is 12.1 Å². The monoisotopic (exact) mass is 308 g/mol. The maximum atomic E-state index is 12.3. The second-order valence-corrected chi connectivity index (χ2v) is 5.25. The van der Waals surface area contributed by atoms with Gasteiger partial charge >= 0.3 is 0 Å². The molecule has 0 aromatic heterocycles. The molecule has 2 N–H and O–H groups in total. The number of unbranched alkanes of at least 4 members (excludes halogenated alkanes) is 1. The lowest BCUT2D eigenvalue weighted by Gasteiger charge is -2.20. The van der Waals surface area contributed by atoms with Gasteiger partial charge in [-0.3, -0.25) is 4.79 Å². The molecule has 0 bridgehead atoms. The predicted molar refractivity (Wildman–Crippen MR) is 89.4 cm³/mol. The summed E-state index contributed by atoms with van der Waals surface area (Å²) in [5, 5.41) is 0. The molecule has 0 aliphatic heterocycles. The Morgan fingerprint density at radius 3 is 2.50 bits per heavy atom. The van der Waals surface area contributed by atoms with E-state index in [2.05, 4.69) is 6.92 Å². The summed E-state index contributed by atoms with van der Waals surface area (Å²) in [6.45, 7) is 5.74. The number of ether oxygens (including phenoxy) is 2. The molecule has 0 radical (unpaired) electrons. The van der Waals surface area contributed by atoms with Crippen LogP contribution in [0.2, 0.25) is 0 Å². The van der Waals surface area contributed by atoms with Gasteiger partial charge in [-0.15, -0.1) is 0 Å². The zero-order valence-corrected chi connectivity index (χ0v) is 14.1. The molecule has 124 valence electrons. The maximum Gasteiger partial charge on any atom is 0.222 e. The smallest absolute Gasteiger partial charge is 0.222 e. The minimum absolute atomic E-state index is 0.185. The molecule has 1 aromatic carbocycles. The molecule has 0 atom stereocenters. The van der Waals surface area contributed by atoms with Crippen LogP contribution in [0, 0.1) is 0 Å². The Kier molecular flexibility index (Phi) is 7.57. The summed E-state index contributed by atoms with van der Waals surface area (Å²) in [5.74, 6) is 1.32. The predicted octanol–water partition coefficient (Wildman–Crippen LogP) is 2.87. The van der Waals surface area contributed by atoms with E-state index in [1.807, 2.05) is 24.0 Å². The van der Waals surface area contributed by atoms with Crippen LogP contribution in [0.4, 0.5) is 5.69 Å². The SMILES string of the molecule is CCCCN(CC)C(=O)CCc1cc(N)c(OC)c(OC)c1. The molecular formula is C17H28N2O3. The molecule has 0 spiro atoms. The van der Waals surface area contributed by atoms with E-state index in [-0.39, 0.29) is 5.91 Å². The Balaban J connectivity index is 2.71. The summed E-state index contributed by atoms with van der Waals surface area (Å²) in [4.78, 5) is 14.2. The van der Waals surface area contributed by atoms with Gasteiger partial charge in [0.25, 0.3) is 0 Å². The van der Waals surface area contributed by atoms with Crippen LogP contribution < -0.4 is 15.2 Å². The molecule has 0 saturated carbocycles. The number of nitrogens with zero attached hydrogens (tertiary/aromatic N) is 1. The van der Waals surface area contributed by atoms with Crippen LogP contribution >= 0.6 is 0 Å². The summed E-state index contributed by atoms with van der Waals surface area (Å²) >= 11 is 0. The van der Waals surface area contributed by atoms with Gasteiger partial charge in [0.15, 0.2) is 11.5 Å². The third-order valence-corrected chi connectivity index (χ3v) is 3.71. The van der Waals surface area contributed by atoms with Gasteiger partial charge in [-0.05, 0) is 37.5 Å². The number of hydrogen-bond acceptors (Lipinski definition) is 4. The van der Waals surface area contributed by atoms with Gasteiger partial charge < -0.3 is 20.1 Å². The van der Waals surface area contributed by atoms with Crippen LogP contribution in [0.25, 0.3) is 0 Å². The third-order valence-electron chi connectivity index (χ3n) is 3.71. The summed E-state index contributed by atoms with van der Waals surface area (Å²) in [6, 6.07) is 3.72. The molecule has 1 amide bonds. The number of hydrogen-bond donors (Lipinski definition) is 1. The minimum Gasteiger partial charge on any atom is -0.493 e. The van der Waals surface area contributed by atoms with Crippen molar-refractivity contribution in [1.29, 1.82) is 0 Å². The lowest BCUT2D eigenvalue weighted by Crippen LogP contribution is -2.31. The second-order valence-electron chi connectivity index (χ2n) is 5.25. The van der Waals surface area contributed by atoms with Crippen molar-refractivity contribution < 1.29 is 14.3 Å². The van der Waals surface area contributed by atoms with Crippen molar-refractivity contribution >= 4 is 11.6 Å². The normalized spacial score (nSPS) is 10.4. The van der Waals surface area contributed by atoms with Crippen molar-refractivity contribution in [3.63, 3.8) is 0 Å². The molecule has 0 heterocycles. The highest BCUT2D eigenvalue weighted by atomic mass is 16.5. The van der Waals surface area contributed by atoms with Gasteiger partial charge in [0.1, 0.15) is 0 Å². The van der Waals surface area contributed by atoms with E-state index in [1.54, 1.807) is 14.2 Å². The molecule has 22 heavy (non-hydrogen) atoms. The van der Waals surface area contributed by atoms with Gasteiger partial charge in [0.05, 0.1) is 19.9 Å². The quantitative estimate of drug-likeness (QED) is 0.712. The number of nitrogens with two attached hydrogens (primary N) is 1. The molecule has 0 aliphatic rings. The first kappa shape index (κ1) is 18.1. The molecule has 5 heteroatoms. The molecule has 0 unspecified atom stereocenters. The van der Waals surface area contributed by atoms with E-state index < -0.39 is 0 Å². The molecule has 5 nitrogen and oxygen atoms in total. The fourth-order valence-electron chi connectivity index (χ4n) is 2.42. The van der Waals surface area contributed by atoms with Crippen LogP contribution in [0.3, 0.4) is 0 Å². The van der Waals surface area contributed by atoms with Crippen molar-refractivity contribution in [2.24, 2.45) is 0 Å². The van der Waals surface area contributed by atoms with Gasteiger partial charge in [-0.1, -0.05) is 13.3 Å². The third kappa shape index (κ3) is 4.83. The van der Waals surface area contributed by atoms with Crippen molar-refractivity contribution in [3.05, 3.63) is 17.7 Å². The Hall–Kier alpha value is -1.91. The number of anilines is 1. The first-order valence-electron chi connectivity index (χ1n) is 7.85. The van der Waals surface area contributed by atoms with Crippen LogP contribution in [-0.4, -0.2) is 38.1 Å². The Bertz CT molecular complexity index is 489. The standard InChI is InChI=1S/C17H28N2O3/c1-5-7-10-19(6-2)16(20)9-8-13-11-14(18)17(22-4)15(12-13)21-3/h11-12H,5-10,18H2,1-4H3. The van der Waals surface area contributed by atoms with Crippen molar-refractivity contribution in [1.82, 2.24) is 4.90 Å². The fourth-order valence-corrected chi connectivity index (χ4v) is 2.42.